The molecule has 4 nitrogen and oxygen atoms in total. The minimum absolute atomic E-state index is 0.0650. The van der Waals surface area contributed by atoms with Crippen LogP contribution in [0.3, 0.4) is 0 Å². The van der Waals surface area contributed by atoms with Gasteiger partial charge in [0.25, 0.3) is 0 Å². The van der Waals surface area contributed by atoms with E-state index in [0.717, 1.165) is 0 Å². The van der Waals surface area contributed by atoms with E-state index in [1.165, 1.54) is 7.11 Å². The van der Waals surface area contributed by atoms with Crippen LogP contribution in [-0.2, 0) is 0 Å². The molecule has 0 spiro atoms. The molecule has 0 aromatic heterocycles. The molecule has 0 saturated carbocycles. The fourth-order valence-electron chi connectivity index (χ4n) is 1.94. The van der Waals surface area contributed by atoms with Crippen molar-refractivity contribution in [2.45, 2.75) is 6.92 Å². The van der Waals surface area contributed by atoms with Gasteiger partial charge in [-0.25, -0.2) is 0 Å². The molecule has 110 valence electrons. The van der Waals surface area contributed by atoms with Crippen LogP contribution in [0.1, 0.15) is 17.3 Å². The average Bonchev–Trinajstić information content (AvgIpc) is 2.54. The number of ketones is 1. The van der Waals surface area contributed by atoms with Gasteiger partial charge in [0.1, 0.15) is 5.75 Å². The third-order valence-corrected chi connectivity index (χ3v) is 2.92. The molecule has 2 aromatic carbocycles. The monoisotopic (exact) mass is 286 g/mol. The van der Waals surface area contributed by atoms with E-state index < -0.39 is 0 Å². The van der Waals surface area contributed by atoms with Crippen LogP contribution in [0.2, 0.25) is 0 Å². The van der Waals surface area contributed by atoms with Gasteiger partial charge in [0, 0.05) is 0 Å². The zero-order chi connectivity index (χ0) is 15.1. The molecule has 0 atom stereocenters. The SMILES string of the molecule is CCOc1ccccc1OCC(=O)c1ccccc1OC. The molecule has 0 N–H and O–H groups in total. The van der Waals surface area contributed by atoms with Crippen LogP contribution in [0.25, 0.3) is 0 Å². The van der Waals surface area contributed by atoms with Gasteiger partial charge in [0.2, 0.25) is 5.78 Å². The molecule has 0 fully saturated rings. The van der Waals surface area contributed by atoms with Crippen molar-refractivity contribution in [3.05, 3.63) is 54.1 Å². The first-order valence-electron chi connectivity index (χ1n) is 6.77. The molecule has 0 saturated heterocycles. The first-order chi connectivity index (χ1) is 10.3. The van der Waals surface area contributed by atoms with Crippen molar-refractivity contribution in [2.75, 3.05) is 20.3 Å². The van der Waals surface area contributed by atoms with Crippen molar-refractivity contribution in [1.82, 2.24) is 0 Å². The third kappa shape index (κ3) is 3.75. The number of carbonyl (C=O) groups excluding carboxylic acids is 1. The molecule has 0 radical (unpaired) electrons. The lowest BCUT2D eigenvalue weighted by Gasteiger charge is -2.12. The lowest BCUT2D eigenvalue weighted by Crippen LogP contribution is -2.13. The maximum absolute atomic E-state index is 12.2. The van der Waals surface area contributed by atoms with Crippen molar-refractivity contribution < 1.29 is 19.0 Å². The summed E-state index contributed by atoms with van der Waals surface area (Å²) in [6, 6.07) is 14.4. The molecule has 4 heteroatoms. The van der Waals surface area contributed by atoms with Gasteiger partial charge < -0.3 is 14.2 Å². The van der Waals surface area contributed by atoms with E-state index in [-0.39, 0.29) is 12.4 Å². The lowest BCUT2D eigenvalue weighted by atomic mass is 10.1. The summed E-state index contributed by atoms with van der Waals surface area (Å²) in [6.45, 7) is 2.38. The van der Waals surface area contributed by atoms with Crippen LogP contribution in [0, 0.1) is 0 Å². The van der Waals surface area contributed by atoms with Crippen molar-refractivity contribution in [1.29, 1.82) is 0 Å². The first-order valence-corrected chi connectivity index (χ1v) is 6.77. The van der Waals surface area contributed by atoms with Crippen molar-refractivity contribution >= 4 is 5.78 Å². The van der Waals surface area contributed by atoms with E-state index in [2.05, 4.69) is 0 Å². The fraction of sp³-hybridized carbons (Fsp3) is 0.235. The Morgan fingerprint density at radius 1 is 0.905 bits per heavy atom. The Kier molecular flexibility index (Phi) is 5.21. The number of Topliss-reactive ketones (excluding diaryl/α,β-unsaturated/α-hetero) is 1. The zero-order valence-electron chi connectivity index (χ0n) is 12.2. The van der Waals surface area contributed by atoms with Crippen molar-refractivity contribution in [3.8, 4) is 17.2 Å². The van der Waals surface area contributed by atoms with E-state index in [4.69, 9.17) is 14.2 Å². The fourth-order valence-corrected chi connectivity index (χ4v) is 1.94. The first kappa shape index (κ1) is 14.9. The highest BCUT2D eigenvalue weighted by Gasteiger charge is 2.13. The molecule has 0 amide bonds. The lowest BCUT2D eigenvalue weighted by molar-refractivity contribution is 0.0916. The van der Waals surface area contributed by atoms with Gasteiger partial charge in [-0.1, -0.05) is 24.3 Å². The van der Waals surface area contributed by atoms with E-state index >= 15 is 0 Å². The summed E-state index contributed by atoms with van der Waals surface area (Å²) in [7, 11) is 1.54. The number of hydrogen-bond acceptors (Lipinski definition) is 4. The molecule has 21 heavy (non-hydrogen) atoms. The highest BCUT2D eigenvalue weighted by Crippen LogP contribution is 2.27. The van der Waals surface area contributed by atoms with E-state index in [0.29, 0.717) is 29.4 Å². The molecule has 0 unspecified atom stereocenters. The summed E-state index contributed by atoms with van der Waals surface area (Å²) < 4.78 is 16.2. The van der Waals surface area contributed by atoms with Gasteiger partial charge >= 0.3 is 0 Å². The van der Waals surface area contributed by atoms with E-state index in [1.54, 1.807) is 24.3 Å². The van der Waals surface area contributed by atoms with Crippen LogP contribution in [0.15, 0.2) is 48.5 Å². The Hall–Kier alpha value is -2.49. The standard InChI is InChI=1S/C17H18O4/c1-3-20-16-10-6-7-11-17(16)21-12-14(18)13-8-4-5-9-15(13)19-2/h4-11H,3,12H2,1-2H3. The highest BCUT2D eigenvalue weighted by atomic mass is 16.5. The highest BCUT2D eigenvalue weighted by molar-refractivity contribution is 5.99. The number of carbonyl (C=O) groups is 1. The molecular weight excluding hydrogens is 268 g/mol. The van der Waals surface area contributed by atoms with Gasteiger partial charge in [-0.05, 0) is 31.2 Å². The summed E-state index contributed by atoms with van der Waals surface area (Å²) in [5, 5.41) is 0. The van der Waals surface area contributed by atoms with Gasteiger partial charge in [-0.2, -0.15) is 0 Å². The van der Waals surface area contributed by atoms with E-state index in [9.17, 15) is 4.79 Å². The Morgan fingerprint density at radius 3 is 2.10 bits per heavy atom. The minimum Gasteiger partial charge on any atom is -0.496 e. The Morgan fingerprint density at radius 2 is 1.48 bits per heavy atom. The molecule has 0 bridgehead atoms. The largest absolute Gasteiger partial charge is 0.496 e. The molecule has 0 aliphatic heterocycles. The number of hydrogen-bond donors (Lipinski definition) is 0. The molecular formula is C17H18O4. The van der Waals surface area contributed by atoms with Crippen LogP contribution in [0.4, 0.5) is 0 Å². The topological polar surface area (TPSA) is 44.8 Å². The normalized spacial score (nSPS) is 10.0. The summed E-state index contributed by atoms with van der Waals surface area (Å²) >= 11 is 0. The second-order valence-corrected chi connectivity index (χ2v) is 4.29. The summed E-state index contributed by atoms with van der Waals surface area (Å²) in [4.78, 5) is 12.2. The Bertz CT molecular complexity index is 607. The Labute approximate surface area is 124 Å². The zero-order valence-corrected chi connectivity index (χ0v) is 12.2. The Balaban J connectivity index is 2.08. The second kappa shape index (κ2) is 7.33. The van der Waals surface area contributed by atoms with Gasteiger partial charge in [-0.3, -0.25) is 4.79 Å². The number of methoxy groups -OCH3 is 1. The van der Waals surface area contributed by atoms with Crippen LogP contribution < -0.4 is 14.2 Å². The molecule has 0 heterocycles. The predicted octanol–water partition coefficient (Wildman–Crippen LogP) is 3.36. The van der Waals surface area contributed by atoms with Crippen molar-refractivity contribution in [2.24, 2.45) is 0 Å². The average molecular weight is 286 g/mol. The molecule has 0 aliphatic carbocycles. The van der Waals surface area contributed by atoms with Gasteiger partial charge in [0.05, 0.1) is 19.3 Å². The van der Waals surface area contributed by atoms with Gasteiger partial charge in [-0.15, -0.1) is 0 Å². The number of rotatable bonds is 7. The van der Waals surface area contributed by atoms with Crippen molar-refractivity contribution in [3.63, 3.8) is 0 Å². The molecule has 0 aliphatic rings. The van der Waals surface area contributed by atoms with Crippen LogP contribution in [0.5, 0.6) is 17.2 Å². The third-order valence-electron chi connectivity index (χ3n) is 2.92. The summed E-state index contributed by atoms with van der Waals surface area (Å²) in [5.74, 6) is 1.60. The number of para-hydroxylation sites is 3. The molecule has 2 aromatic rings. The van der Waals surface area contributed by atoms with Crippen LogP contribution >= 0.6 is 0 Å². The molecule has 2 rings (SSSR count). The predicted molar refractivity (Wildman–Crippen MR) is 80.4 cm³/mol. The minimum atomic E-state index is -0.140. The number of ether oxygens (including phenoxy) is 3. The maximum Gasteiger partial charge on any atom is 0.203 e. The van der Waals surface area contributed by atoms with E-state index in [1.807, 2.05) is 31.2 Å². The summed E-state index contributed by atoms with van der Waals surface area (Å²) in [5.41, 5.74) is 0.508. The summed E-state index contributed by atoms with van der Waals surface area (Å²) in [6.07, 6.45) is 0. The number of benzene rings is 2. The quantitative estimate of drug-likeness (QED) is 0.732. The second-order valence-electron chi connectivity index (χ2n) is 4.29. The smallest absolute Gasteiger partial charge is 0.203 e. The van der Waals surface area contributed by atoms with Gasteiger partial charge in [0.15, 0.2) is 18.1 Å². The maximum atomic E-state index is 12.2. The van der Waals surface area contributed by atoms with Crippen LogP contribution in [-0.4, -0.2) is 26.1 Å².